The Morgan fingerprint density at radius 3 is 2.83 bits per heavy atom. The molecule has 2 rings (SSSR count). The maximum atomic E-state index is 5.92. The topological polar surface area (TPSA) is 42.1 Å². The minimum atomic E-state index is 0.551. The molecule has 1 aromatic rings. The summed E-state index contributed by atoms with van der Waals surface area (Å²) in [6.45, 7) is 10.4. The highest BCUT2D eigenvalue weighted by Crippen LogP contribution is 2.32. The molecule has 2 N–H and O–H groups in total. The van der Waals surface area contributed by atoms with Gasteiger partial charge in [-0.3, -0.25) is 4.98 Å². The molecule has 0 aromatic carbocycles. The highest BCUT2D eigenvalue weighted by molar-refractivity contribution is 8.00. The molecule has 2 heterocycles. The zero-order chi connectivity index (χ0) is 13.3. The third-order valence-electron chi connectivity index (χ3n) is 3.83. The van der Waals surface area contributed by atoms with Crippen LogP contribution in [0.1, 0.15) is 30.8 Å². The number of aromatic nitrogens is 1. The van der Waals surface area contributed by atoms with Gasteiger partial charge in [0.25, 0.3) is 0 Å². The van der Waals surface area contributed by atoms with Crippen LogP contribution in [-0.2, 0) is 6.54 Å². The summed E-state index contributed by atoms with van der Waals surface area (Å²) in [4.78, 5) is 7.04. The van der Waals surface area contributed by atoms with Crippen molar-refractivity contribution in [1.82, 2.24) is 4.98 Å². The van der Waals surface area contributed by atoms with Crippen molar-refractivity contribution in [1.29, 1.82) is 0 Å². The molecule has 0 aliphatic carbocycles. The second-order valence-corrected chi connectivity index (χ2v) is 6.55. The number of pyridine rings is 1. The third-order valence-corrected chi connectivity index (χ3v) is 5.17. The molecule has 1 fully saturated rings. The van der Waals surface area contributed by atoms with Gasteiger partial charge in [0.05, 0.1) is 0 Å². The second-order valence-electron chi connectivity index (χ2n) is 5.06. The Hall–Kier alpha value is -0.740. The van der Waals surface area contributed by atoms with E-state index in [1.54, 1.807) is 0 Å². The number of anilines is 1. The Kier molecular flexibility index (Phi) is 4.17. The molecule has 4 heteroatoms. The van der Waals surface area contributed by atoms with E-state index in [0.717, 1.165) is 17.9 Å². The van der Waals surface area contributed by atoms with Crippen molar-refractivity contribution in [2.75, 3.05) is 17.2 Å². The summed E-state index contributed by atoms with van der Waals surface area (Å²) >= 11 is 2.06. The normalized spacial score (nSPS) is 24.4. The van der Waals surface area contributed by atoms with Crippen LogP contribution in [0.15, 0.2) is 6.07 Å². The lowest BCUT2D eigenvalue weighted by Gasteiger charge is -2.40. The van der Waals surface area contributed by atoms with Crippen LogP contribution < -0.4 is 10.6 Å². The highest BCUT2D eigenvalue weighted by Gasteiger charge is 2.27. The molecule has 2 unspecified atom stereocenters. The predicted octanol–water partition coefficient (Wildman–Crippen LogP) is 2.49. The molecule has 0 amide bonds. The first kappa shape index (κ1) is 13.7. The minimum absolute atomic E-state index is 0.551. The standard InChI is InChI=1S/C14H23N3S/c1-9-7-14(13(8-15)10(2)16-9)17-5-6-18-12(4)11(17)3/h7,11-12H,5-6,8,15H2,1-4H3. The van der Waals surface area contributed by atoms with E-state index in [0.29, 0.717) is 17.8 Å². The number of nitrogens with zero attached hydrogens (tertiary/aromatic N) is 2. The summed E-state index contributed by atoms with van der Waals surface area (Å²) in [5.41, 5.74) is 10.6. The quantitative estimate of drug-likeness (QED) is 0.892. The third kappa shape index (κ3) is 2.50. The average molecular weight is 265 g/mol. The molecule has 1 aliphatic rings. The SMILES string of the molecule is Cc1cc(N2CCSC(C)C2C)c(CN)c(C)n1. The number of hydrogen-bond acceptors (Lipinski definition) is 4. The van der Waals surface area contributed by atoms with Gasteiger partial charge < -0.3 is 10.6 Å². The largest absolute Gasteiger partial charge is 0.367 e. The molecule has 100 valence electrons. The van der Waals surface area contributed by atoms with Crippen molar-refractivity contribution >= 4 is 17.4 Å². The number of nitrogens with two attached hydrogens (primary N) is 1. The maximum Gasteiger partial charge on any atom is 0.0451 e. The fourth-order valence-electron chi connectivity index (χ4n) is 2.62. The number of hydrogen-bond donors (Lipinski definition) is 1. The first-order chi connectivity index (χ1) is 8.54. The van der Waals surface area contributed by atoms with Crippen LogP contribution in [0.3, 0.4) is 0 Å². The first-order valence-electron chi connectivity index (χ1n) is 6.60. The van der Waals surface area contributed by atoms with Crippen LogP contribution in [0.25, 0.3) is 0 Å². The van der Waals surface area contributed by atoms with Crippen LogP contribution in [0, 0.1) is 13.8 Å². The van der Waals surface area contributed by atoms with Crippen molar-refractivity contribution in [2.45, 2.75) is 45.5 Å². The van der Waals surface area contributed by atoms with E-state index in [9.17, 15) is 0 Å². The molecule has 0 spiro atoms. The lowest BCUT2D eigenvalue weighted by atomic mass is 10.1. The van der Waals surface area contributed by atoms with Gasteiger partial charge in [-0.2, -0.15) is 11.8 Å². The van der Waals surface area contributed by atoms with E-state index < -0.39 is 0 Å². The summed E-state index contributed by atoms with van der Waals surface area (Å²) in [6, 6.07) is 2.74. The van der Waals surface area contributed by atoms with E-state index in [-0.39, 0.29) is 0 Å². The van der Waals surface area contributed by atoms with Gasteiger partial charge in [0.2, 0.25) is 0 Å². The number of aryl methyl sites for hydroxylation is 2. The molecular weight excluding hydrogens is 242 g/mol. The Balaban J connectivity index is 2.43. The maximum absolute atomic E-state index is 5.92. The van der Waals surface area contributed by atoms with Gasteiger partial charge in [-0.1, -0.05) is 6.92 Å². The molecule has 1 aliphatic heterocycles. The van der Waals surface area contributed by atoms with Gasteiger partial charge in [0.1, 0.15) is 0 Å². The molecule has 2 atom stereocenters. The summed E-state index contributed by atoms with van der Waals surface area (Å²) in [6.07, 6.45) is 0. The molecular formula is C14H23N3S. The molecule has 3 nitrogen and oxygen atoms in total. The molecule has 18 heavy (non-hydrogen) atoms. The second kappa shape index (κ2) is 5.49. The van der Waals surface area contributed by atoms with Crippen molar-refractivity contribution in [3.8, 4) is 0 Å². The van der Waals surface area contributed by atoms with Crippen LogP contribution in [-0.4, -0.2) is 28.6 Å². The smallest absolute Gasteiger partial charge is 0.0451 e. The van der Waals surface area contributed by atoms with Crippen LogP contribution in [0.5, 0.6) is 0 Å². The summed E-state index contributed by atoms with van der Waals surface area (Å²) in [7, 11) is 0. The van der Waals surface area contributed by atoms with E-state index in [4.69, 9.17) is 5.73 Å². The van der Waals surface area contributed by atoms with Crippen molar-refractivity contribution in [2.24, 2.45) is 5.73 Å². The zero-order valence-electron chi connectivity index (χ0n) is 11.7. The molecule has 0 bridgehead atoms. The number of thioether (sulfide) groups is 1. The van der Waals surface area contributed by atoms with Crippen LogP contribution in [0.4, 0.5) is 5.69 Å². The minimum Gasteiger partial charge on any atom is -0.367 e. The van der Waals surface area contributed by atoms with Gasteiger partial charge >= 0.3 is 0 Å². The zero-order valence-corrected chi connectivity index (χ0v) is 12.5. The summed E-state index contributed by atoms with van der Waals surface area (Å²) in [5, 5.41) is 0.665. The lowest BCUT2D eigenvalue weighted by molar-refractivity contribution is 0.623. The Labute approximate surface area is 114 Å². The van der Waals surface area contributed by atoms with Gasteiger partial charge in [-0.25, -0.2) is 0 Å². The average Bonchev–Trinajstić information content (AvgIpc) is 2.32. The predicted molar refractivity (Wildman–Crippen MR) is 80.3 cm³/mol. The van der Waals surface area contributed by atoms with Crippen LogP contribution >= 0.6 is 11.8 Å². The van der Waals surface area contributed by atoms with Gasteiger partial charge in [-0.05, 0) is 26.8 Å². The highest BCUT2D eigenvalue weighted by atomic mass is 32.2. The monoisotopic (exact) mass is 265 g/mol. The fraction of sp³-hybridized carbons (Fsp3) is 0.643. The van der Waals surface area contributed by atoms with Crippen molar-refractivity contribution in [3.63, 3.8) is 0 Å². The van der Waals surface area contributed by atoms with Gasteiger partial charge in [0.15, 0.2) is 0 Å². The Bertz CT molecular complexity index is 433. The molecule has 1 saturated heterocycles. The first-order valence-corrected chi connectivity index (χ1v) is 7.65. The van der Waals surface area contributed by atoms with E-state index in [2.05, 4.69) is 55.4 Å². The molecule has 1 aromatic heterocycles. The number of rotatable bonds is 2. The Morgan fingerprint density at radius 1 is 1.44 bits per heavy atom. The molecule has 0 radical (unpaired) electrons. The summed E-state index contributed by atoms with van der Waals surface area (Å²) < 4.78 is 0. The van der Waals surface area contributed by atoms with E-state index in [1.807, 2.05) is 0 Å². The van der Waals surface area contributed by atoms with Gasteiger partial charge in [0, 0.05) is 52.8 Å². The van der Waals surface area contributed by atoms with Crippen molar-refractivity contribution in [3.05, 3.63) is 23.0 Å². The summed E-state index contributed by atoms with van der Waals surface area (Å²) in [5.74, 6) is 1.19. The Morgan fingerprint density at radius 2 is 2.17 bits per heavy atom. The van der Waals surface area contributed by atoms with E-state index in [1.165, 1.54) is 17.0 Å². The lowest BCUT2D eigenvalue weighted by Crippen LogP contribution is -2.45. The van der Waals surface area contributed by atoms with E-state index >= 15 is 0 Å². The van der Waals surface area contributed by atoms with Crippen LogP contribution in [0.2, 0.25) is 0 Å². The van der Waals surface area contributed by atoms with Gasteiger partial charge in [-0.15, -0.1) is 0 Å². The van der Waals surface area contributed by atoms with Crippen molar-refractivity contribution < 1.29 is 0 Å². The fourth-order valence-corrected chi connectivity index (χ4v) is 3.72. The molecule has 0 saturated carbocycles.